The van der Waals surface area contributed by atoms with Crippen LogP contribution in [-0.2, 0) is 0 Å². The van der Waals surface area contributed by atoms with E-state index in [1.54, 1.807) is 25.3 Å². The van der Waals surface area contributed by atoms with Crippen LogP contribution in [0.2, 0.25) is 5.02 Å². The number of hydrogen-bond donors (Lipinski definition) is 1. The Bertz CT molecular complexity index is 628. The maximum atomic E-state index is 12.2. The van der Waals surface area contributed by atoms with Crippen LogP contribution in [-0.4, -0.2) is 19.6 Å². The predicted molar refractivity (Wildman–Crippen MR) is 89.8 cm³/mol. The summed E-state index contributed by atoms with van der Waals surface area (Å²) in [6.45, 7) is 2.72. The molecule has 3 nitrogen and oxygen atoms in total. The summed E-state index contributed by atoms with van der Waals surface area (Å²) in [5, 5.41) is 3.41. The molecule has 116 valence electrons. The van der Waals surface area contributed by atoms with Crippen molar-refractivity contribution in [1.29, 1.82) is 0 Å². The van der Waals surface area contributed by atoms with Crippen molar-refractivity contribution in [3.63, 3.8) is 0 Å². The quantitative estimate of drug-likeness (QED) is 0.864. The number of benzene rings is 2. The van der Waals surface area contributed by atoms with E-state index in [1.165, 1.54) is 5.56 Å². The molecule has 2 rings (SSSR count). The van der Waals surface area contributed by atoms with E-state index in [1.807, 2.05) is 18.2 Å². The van der Waals surface area contributed by atoms with Gasteiger partial charge in [-0.25, -0.2) is 0 Å². The number of nitrogens with one attached hydrogen (secondary N) is 1. The van der Waals surface area contributed by atoms with Crippen molar-refractivity contribution in [2.75, 3.05) is 13.7 Å². The van der Waals surface area contributed by atoms with Gasteiger partial charge in [0.25, 0.3) is 5.91 Å². The van der Waals surface area contributed by atoms with Crippen LogP contribution in [0.4, 0.5) is 0 Å². The highest BCUT2D eigenvalue weighted by Gasteiger charge is 2.13. The van der Waals surface area contributed by atoms with Crippen LogP contribution in [0.15, 0.2) is 48.5 Å². The number of carbonyl (C=O) groups excluding carboxylic acids is 1. The second-order valence-electron chi connectivity index (χ2n) is 5.08. The number of halogens is 1. The second kappa shape index (κ2) is 7.85. The molecule has 0 radical (unpaired) electrons. The summed E-state index contributed by atoms with van der Waals surface area (Å²) in [7, 11) is 1.55. The van der Waals surface area contributed by atoms with Gasteiger partial charge in [-0.05, 0) is 30.2 Å². The van der Waals surface area contributed by atoms with E-state index in [0.717, 1.165) is 6.42 Å². The fourth-order valence-corrected chi connectivity index (χ4v) is 2.61. The Hall–Kier alpha value is -2.00. The number of methoxy groups -OCH3 is 1. The summed E-state index contributed by atoms with van der Waals surface area (Å²) in [4.78, 5) is 12.2. The minimum absolute atomic E-state index is 0.126. The highest BCUT2D eigenvalue weighted by atomic mass is 35.5. The first-order valence-electron chi connectivity index (χ1n) is 7.32. The first-order chi connectivity index (χ1) is 10.7. The molecule has 2 aromatic carbocycles. The van der Waals surface area contributed by atoms with Gasteiger partial charge in [0, 0.05) is 18.0 Å². The zero-order valence-electron chi connectivity index (χ0n) is 12.8. The highest BCUT2D eigenvalue weighted by Crippen LogP contribution is 2.25. The van der Waals surface area contributed by atoms with Crippen LogP contribution in [0.1, 0.15) is 35.2 Å². The third kappa shape index (κ3) is 4.01. The first kappa shape index (κ1) is 16.4. The fraction of sp³-hybridized carbons (Fsp3) is 0.278. The van der Waals surface area contributed by atoms with Crippen molar-refractivity contribution in [2.45, 2.75) is 19.3 Å². The molecule has 0 saturated carbocycles. The Balaban J connectivity index is 2.01. The zero-order chi connectivity index (χ0) is 15.9. The van der Waals surface area contributed by atoms with Gasteiger partial charge in [-0.1, -0.05) is 48.9 Å². The molecule has 0 aliphatic heterocycles. The predicted octanol–water partition coefficient (Wildman–Crippen LogP) is 4.27. The summed E-state index contributed by atoms with van der Waals surface area (Å²) in [6.07, 6.45) is 0.966. The van der Waals surface area contributed by atoms with Crippen molar-refractivity contribution in [3.8, 4) is 5.75 Å². The largest absolute Gasteiger partial charge is 0.495 e. The second-order valence-corrected chi connectivity index (χ2v) is 5.48. The van der Waals surface area contributed by atoms with Crippen molar-refractivity contribution in [1.82, 2.24) is 5.32 Å². The third-order valence-electron chi connectivity index (χ3n) is 3.69. The van der Waals surface area contributed by atoms with Crippen molar-refractivity contribution < 1.29 is 9.53 Å². The summed E-state index contributed by atoms with van der Waals surface area (Å²) < 4.78 is 5.09. The SMILES string of the molecule is CC[C@H](CNC(=O)c1ccc(OC)c(Cl)c1)c1ccccc1. The number of amides is 1. The average molecular weight is 318 g/mol. The molecule has 0 heterocycles. The Morgan fingerprint density at radius 1 is 1.23 bits per heavy atom. The van der Waals surface area contributed by atoms with Crippen LogP contribution in [0.3, 0.4) is 0 Å². The maximum Gasteiger partial charge on any atom is 0.251 e. The van der Waals surface area contributed by atoms with Gasteiger partial charge in [0.2, 0.25) is 0 Å². The standard InChI is InChI=1S/C18H20ClNO2/c1-3-13(14-7-5-4-6-8-14)12-20-18(21)15-9-10-17(22-2)16(19)11-15/h4-11,13H,3,12H2,1-2H3,(H,20,21)/t13-/m1/s1. The molecule has 0 fully saturated rings. The molecule has 0 unspecified atom stereocenters. The average Bonchev–Trinajstić information content (AvgIpc) is 2.56. The van der Waals surface area contributed by atoms with E-state index in [2.05, 4.69) is 24.4 Å². The lowest BCUT2D eigenvalue weighted by molar-refractivity contribution is 0.0951. The molecule has 1 N–H and O–H groups in total. The molecule has 0 saturated heterocycles. The molecule has 0 aliphatic carbocycles. The molecule has 1 amide bonds. The van der Waals surface area contributed by atoms with Gasteiger partial charge < -0.3 is 10.1 Å². The van der Waals surface area contributed by atoms with Crippen molar-refractivity contribution >= 4 is 17.5 Å². The minimum Gasteiger partial charge on any atom is -0.495 e. The van der Waals surface area contributed by atoms with Crippen LogP contribution in [0, 0.1) is 0 Å². The van der Waals surface area contributed by atoms with Crippen LogP contribution < -0.4 is 10.1 Å². The van der Waals surface area contributed by atoms with Crippen LogP contribution >= 0.6 is 11.6 Å². The molecular weight excluding hydrogens is 298 g/mol. The van der Waals surface area contributed by atoms with E-state index >= 15 is 0 Å². The number of ether oxygens (including phenoxy) is 1. The molecular formula is C18H20ClNO2. The van der Waals surface area contributed by atoms with Gasteiger partial charge in [-0.15, -0.1) is 0 Å². The zero-order valence-corrected chi connectivity index (χ0v) is 13.6. The van der Waals surface area contributed by atoms with E-state index in [4.69, 9.17) is 16.3 Å². The lowest BCUT2D eigenvalue weighted by Gasteiger charge is -2.16. The number of carbonyl (C=O) groups is 1. The lowest BCUT2D eigenvalue weighted by Crippen LogP contribution is -2.28. The van der Waals surface area contributed by atoms with Gasteiger partial charge in [0.1, 0.15) is 5.75 Å². The van der Waals surface area contributed by atoms with E-state index < -0.39 is 0 Å². The fourth-order valence-electron chi connectivity index (χ4n) is 2.35. The topological polar surface area (TPSA) is 38.3 Å². The summed E-state index contributed by atoms with van der Waals surface area (Å²) in [5.74, 6) is 0.742. The molecule has 0 aliphatic rings. The van der Waals surface area contributed by atoms with Crippen molar-refractivity contribution in [2.24, 2.45) is 0 Å². The van der Waals surface area contributed by atoms with Gasteiger partial charge in [-0.3, -0.25) is 4.79 Å². The normalized spacial score (nSPS) is 11.8. The van der Waals surface area contributed by atoms with E-state index in [0.29, 0.717) is 28.8 Å². The monoisotopic (exact) mass is 317 g/mol. The van der Waals surface area contributed by atoms with Gasteiger partial charge in [0.05, 0.1) is 12.1 Å². The van der Waals surface area contributed by atoms with E-state index in [-0.39, 0.29) is 5.91 Å². The highest BCUT2D eigenvalue weighted by molar-refractivity contribution is 6.32. The molecule has 0 spiro atoms. The van der Waals surface area contributed by atoms with E-state index in [9.17, 15) is 4.79 Å². The smallest absolute Gasteiger partial charge is 0.251 e. The van der Waals surface area contributed by atoms with Crippen LogP contribution in [0.25, 0.3) is 0 Å². The Morgan fingerprint density at radius 3 is 2.55 bits per heavy atom. The molecule has 1 atom stereocenters. The Labute approximate surface area is 136 Å². The Morgan fingerprint density at radius 2 is 1.95 bits per heavy atom. The molecule has 2 aromatic rings. The van der Waals surface area contributed by atoms with Crippen molar-refractivity contribution in [3.05, 3.63) is 64.7 Å². The van der Waals surface area contributed by atoms with Crippen LogP contribution in [0.5, 0.6) is 5.75 Å². The minimum atomic E-state index is -0.126. The number of hydrogen-bond acceptors (Lipinski definition) is 2. The molecule has 4 heteroatoms. The summed E-state index contributed by atoms with van der Waals surface area (Å²) in [5.41, 5.74) is 1.77. The third-order valence-corrected chi connectivity index (χ3v) is 3.98. The first-order valence-corrected chi connectivity index (χ1v) is 7.70. The lowest BCUT2D eigenvalue weighted by atomic mass is 9.96. The van der Waals surface area contributed by atoms with Gasteiger partial charge in [-0.2, -0.15) is 0 Å². The number of rotatable bonds is 6. The van der Waals surface area contributed by atoms with Gasteiger partial charge >= 0.3 is 0 Å². The summed E-state index contributed by atoms with van der Waals surface area (Å²) in [6, 6.07) is 15.2. The molecule has 0 aromatic heterocycles. The van der Waals surface area contributed by atoms with Gasteiger partial charge in [0.15, 0.2) is 0 Å². The maximum absolute atomic E-state index is 12.2. The molecule has 0 bridgehead atoms. The molecule has 22 heavy (non-hydrogen) atoms. The Kier molecular flexibility index (Phi) is 5.84. The summed E-state index contributed by atoms with van der Waals surface area (Å²) >= 11 is 6.05.